The zero-order chi connectivity index (χ0) is 22.6. The number of pyridine rings is 1. The number of ether oxygens (including phenoxy) is 1. The summed E-state index contributed by atoms with van der Waals surface area (Å²) < 4.78 is 6.42. The highest BCUT2D eigenvalue weighted by atomic mass is 16.5. The van der Waals surface area contributed by atoms with Crippen LogP contribution in [0, 0.1) is 17.8 Å². The third kappa shape index (κ3) is 3.35. The number of carbonyl (C=O) groups excluding carboxylic acids is 1. The van der Waals surface area contributed by atoms with Gasteiger partial charge >= 0.3 is 0 Å². The van der Waals surface area contributed by atoms with Gasteiger partial charge in [0.05, 0.1) is 17.8 Å². The van der Waals surface area contributed by atoms with Gasteiger partial charge in [-0.05, 0) is 56.1 Å². The van der Waals surface area contributed by atoms with Crippen molar-refractivity contribution in [3.05, 3.63) is 47.8 Å². The SMILES string of the molecule is C[C@H]1C(=O)CC[C@@]2(C)c3nc(-c4ccnc5ccccc45)nc(OCC4CCC4)c3CC[C@H]12. The lowest BCUT2D eigenvalue weighted by Crippen LogP contribution is -2.47. The zero-order valence-electron chi connectivity index (χ0n) is 19.5. The summed E-state index contributed by atoms with van der Waals surface area (Å²) in [7, 11) is 0. The van der Waals surface area contributed by atoms with E-state index in [4.69, 9.17) is 14.7 Å². The van der Waals surface area contributed by atoms with Crippen molar-refractivity contribution in [2.24, 2.45) is 17.8 Å². The van der Waals surface area contributed by atoms with E-state index in [1.54, 1.807) is 0 Å². The summed E-state index contributed by atoms with van der Waals surface area (Å²) in [5.74, 6) is 2.91. The Morgan fingerprint density at radius 1 is 1.09 bits per heavy atom. The van der Waals surface area contributed by atoms with Crippen LogP contribution in [0.3, 0.4) is 0 Å². The van der Waals surface area contributed by atoms with Crippen LogP contribution in [0.5, 0.6) is 5.88 Å². The summed E-state index contributed by atoms with van der Waals surface area (Å²) in [6.45, 7) is 5.16. The number of Topliss-reactive ketones (excluding diaryl/α,β-unsaturated/α-hetero) is 1. The maximum atomic E-state index is 12.6. The van der Waals surface area contributed by atoms with Crippen LogP contribution in [0.2, 0.25) is 0 Å². The van der Waals surface area contributed by atoms with E-state index in [2.05, 4.69) is 24.9 Å². The molecule has 0 radical (unpaired) electrons. The van der Waals surface area contributed by atoms with Crippen LogP contribution in [0.25, 0.3) is 22.3 Å². The molecule has 0 N–H and O–H groups in total. The van der Waals surface area contributed by atoms with E-state index >= 15 is 0 Å². The highest BCUT2D eigenvalue weighted by Crippen LogP contribution is 2.52. The molecule has 3 atom stereocenters. The molecular formula is C28H31N3O2. The molecular weight excluding hydrogens is 410 g/mol. The molecule has 0 amide bonds. The fraction of sp³-hybridized carbons (Fsp3) is 0.500. The number of nitrogens with zero attached hydrogens (tertiary/aromatic N) is 3. The van der Waals surface area contributed by atoms with Crippen molar-refractivity contribution in [1.82, 2.24) is 15.0 Å². The summed E-state index contributed by atoms with van der Waals surface area (Å²) in [5, 5.41) is 1.05. The lowest BCUT2D eigenvalue weighted by Gasteiger charge is -2.48. The largest absolute Gasteiger partial charge is 0.477 e. The molecule has 1 aromatic carbocycles. The number of fused-ring (bicyclic) bond motifs is 4. The van der Waals surface area contributed by atoms with Gasteiger partial charge in [-0.3, -0.25) is 9.78 Å². The zero-order valence-corrected chi connectivity index (χ0v) is 19.5. The van der Waals surface area contributed by atoms with Gasteiger partial charge < -0.3 is 4.74 Å². The minimum Gasteiger partial charge on any atom is -0.477 e. The molecule has 5 heteroatoms. The van der Waals surface area contributed by atoms with Crippen LogP contribution in [-0.2, 0) is 16.6 Å². The van der Waals surface area contributed by atoms with E-state index in [1.165, 1.54) is 19.3 Å². The van der Waals surface area contributed by atoms with E-state index in [9.17, 15) is 4.79 Å². The van der Waals surface area contributed by atoms with Crippen molar-refractivity contribution in [2.45, 2.75) is 64.2 Å². The number of hydrogen-bond acceptors (Lipinski definition) is 5. The van der Waals surface area contributed by atoms with Crippen LogP contribution in [0.1, 0.15) is 63.6 Å². The Hall–Kier alpha value is -2.82. The molecule has 6 rings (SSSR count). The van der Waals surface area contributed by atoms with Crippen molar-refractivity contribution in [1.29, 1.82) is 0 Å². The molecule has 3 aromatic rings. The van der Waals surface area contributed by atoms with Gasteiger partial charge in [0.2, 0.25) is 5.88 Å². The van der Waals surface area contributed by atoms with Crippen molar-refractivity contribution in [3.8, 4) is 17.3 Å². The first-order chi connectivity index (χ1) is 16.0. The Balaban J connectivity index is 1.51. The molecule has 3 aliphatic carbocycles. The highest BCUT2D eigenvalue weighted by Gasteiger charge is 2.50. The van der Waals surface area contributed by atoms with E-state index in [0.29, 0.717) is 29.9 Å². The third-order valence-corrected chi connectivity index (χ3v) is 8.61. The Labute approximate surface area is 195 Å². The van der Waals surface area contributed by atoms with Crippen molar-refractivity contribution in [3.63, 3.8) is 0 Å². The summed E-state index contributed by atoms with van der Waals surface area (Å²) in [4.78, 5) is 27.3. The van der Waals surface area contributed by atoms with Crippen LogP contribution in [-0.4, -0.2) is 27.3 Å². The Morgan fingerprint density at radius 2 is 1.94 bits per heavy atom. The van der Waals surface area contributed by atoms with Gasteiger partial charge in [-0.25, -0.2) is 4.98 Å². The topological polar surface area (TPSA) is 65.0 Å². The smallest absolute Gasteiger partial charge is 0.220 e. The molecule has 0 aliphatic heterocycles. The van der Waals surface area contributed by atoms with Gasteiger partial charge in [0, 0.05) is 40.5 Å². The first kappa shape index (κ1) is 20.8. The molecule has 0 bridgehead atoms. The quantitative estimate of drug-likeness (QED) is 0.520. The lowest BCUT2D eigenvalue weighted by molar-refractivity contribution is -0.128. The Bertz CT molecular complexity index is 1230. The first-order valence-electron chi connectivity index (χ1n) is 12.5. The number of aromatic nitrogens is 3. The molecule has 0 unspecified atom stereocenters. The number of rotatable bonds is 4. The van der Waals surface area contributed by atoms with E-state index in [-0.39, 0.29) is 11.3 Å². The maximum absolute atomic E-state index is 12.6. The number of carbonyl (C=O) groups is 1. The van der Waals surface area contributed by atoms with Crippen molar-refractivity contribution in [2.75, 3.05) is 6.61 Å². The van der Waals surface area contributed by atoms with Gasteiger partial charge in [0.25, 0.3) is 0 Å². The second-order valence-corrected chi connectivity index (χ2v) is 10.5. The molecule has 0 saturated heterocycles. The average Bonchev–Trinajstić information content (AvgIpc) is 2.80. The minimum atomic E-state index is -0.129. The molecule has 2 fully saturated rings. The predicted octanol–water partition coefficient (Wildman–Crippen LogP) is 5.69. The highest BCUT2D eigenvalue weighted by molar-refractivity contribution is 5.92. The monoisotopic (exact) mass is 441 g/mol. The Morgan fingerprint density at radius 3 is 2.76 bits per heavy atom. The van der Waals surface area contributed by atoms with Crippen LogP contribution in [0.4, 0.5) is 0 Å². The average molecular weight is 442 g/mol. The molecule has 0 spiro atoms. The summed E-state index contributed by atoms with van der Waals surface area (Å²) in [6, 6.07) is 10.2. The van der Waals surface area contributed by atoms with E-state index in [1.807, 2.05) is 30.5 Å². The standard InChI is InChI=1S/C28H31N3O2/c1-17-22-11-10-21-25(28(22,2)14-12-24(17)32)30-26(31-27(21)33-16-18-6-5-7-18)20-13-15-29-23-9-4-3-8-19(20)23/h3-4,8-9,13,15,17-18,22H,5-7,10-12,14,16H2,1-2H3/t17-,22-,28-/m1/s1. The number of hydrogen-bond donors (Lipinski definition) is 0. The molecule has 2 aromatic heterocycles. The maximum Gasteiger partial charge on any atom is 0.220 e. The predicted molar refractivity (Wildman–Crippen MR) is 128 cm³/mol. The van der Waals surface area contributed by atoms with Gasteiger partial charge in [-0.2, -0.15) is 4.98 Å². The first-order valence-corrected chi connectivity index (χ1v) is 12.5. The van der Waals surface area contributed by atoms with Gasteiger partial charge in [0.1, 0.15) is 5.78 Å². The van der Waals surface area contributed by atoms with Gasteiger partial charge in [-0.1, -0.05) is 38.5 Å². The second-order valence-electron chi connectivity index (χ2n) is 10.5. The van der Waals surface area contributed by atoms with E-state index < -0.39 is 0 Å². The normalized spacial score (nSPS) is 27.0. The van der Waals surface area contributed by atoms with Crippen LogP contribution >= 0.6 is 0 Å². The summed E-state index contributed by atoms with van der Waals surface area (Å²) >= 11 is 0. The summed E-state index contributed by atoms with van der Waals surface area (Å²) in [5.41, 5.74) is 4.07. The fourth-order valence-corrected chi connectivity index (χ4v) is 6.28. The molecule has 5 nitrogen and oxygen atoms in total. The molecule has 3 aliphatic rings. The third-order valence-electron chi connectivity index (χ3n) is 8.61. The molecule has 33 heavy (non-hydrogen) atoms. The molecule has 170 valence electrons. The van der Waals surface area contributed by atoms with Crippen molar-refractivity contribution >= 4 is 16.7 Å². The Kier molecular flexibility index (Phi) is 4.97. The second kappa shape index (κ2) is 7.89. The van der Waals surface area contributed by atoms with E-state index in [0.717, 1.165) is 59.5 Å². The number of benzene rings is 1. The minimum absolute atomic E-state index is 0.0800. The van der Waals surface area contributed by atoms with Crippen molar-refractivity contribution < 1.29 is 9.53 Å². The van der Waals surface area contributed by atoms with Gasteiger partial charge in [0.15, 0.2) is 5.82 Å². The lowest BCUT2D eigenvalue weighted by atomic mass is 9.56. The van der Waals surface area contributed by atoms with Crippen LogP contribution < -0.4 is 4.74 Å². The van der Waals surface area contributed by atoms with Gasteiger partial charge in [-0.15, -0.1) is 0 Å². The number of para-hydroxylation sites is 1. The number of ketones is 1. The fourth-order valence-electron chi connectivity index (χ4n) is 6.28. The van der Waals surface area contributed by atoms with Crippen LogP contribution in [0.15, 0.2) is 36.5 Å². The molecule has 2 heterocycles. The summed E-state index contributed by atoms with van der Waals surface area (Å²) in [6.07, 6.45) is 8.98. The molecule has 2 saturated carbocycles.